The Morgan fingerprint density at radius 2 is 1.33 bits per heavy atom. The van der Waals surface area contributed by atoms with Gasteiger partial charge in [-0.15, -0.1) is 0 Å². The molecule has 1 aromatic carbocycles. The second-order valence-corrected chi connectivity index (χ2v) is 11.7. The highest BCUT2D eigenvalue weighted by molar-refractivity contribution is 5.75. The molecule has 0 heterocycles. The van der Waals surface area contributed by atoms with Crippen molar-refractivity contribution in [1.82, 2.24) is 0 Å². The Morgan fingerprint density at radius 3 is 2.00 bits per heavy atom. The Labute approximate surface area is 219 Å². The average molecular weight is 505 g/mol. The first-order chi connectivity index (χ1) is 17.5. The molecular formula is C32H50F2O2. The largest absolute Gasteiger partial charge is 0.423 e. The third-order valence-corrected chi connectivity index (χ3v) is 9.02. The molecule has 0 saturated heterocycles. The van der Waals surface area contributed by atoms with Crippen molar-refractivity contribution in [3.8, 4) is 5.75 Å². The zero-order chi connectivity index (χ0) is 25.8. The summed E-state index contributed by atoms with van der Waals surface area (Å²) in [4.78, 5) is 12.7. The first-order valence-electron chi connectivity index (χ1n) is 15.2. The van der Waals surface area contributed by atoms with Gasteiger partial charge in [-0.2, -0.15) is 4.39 Å². The number of benzene rings is 1. The Kier molecular flexibility index (Phi) is 12.7. The van der Waals surface area contributed by atoms with E-state index in [-0.39, 0.29) is 11.7 Å². The third-order valence-electron chi connectivity index (χ3n) is 9.02. The van der Waals surface area contributed by atoms with Crippen molar-refractivity contribution in [2.24, 2.45) is 23.7 Å². The average Bonchev–Trinajstić information content (AvgIpc) is 2.90. The highest BCUT2D eigenvalue weighted by atomic mass is 19.2. The summed E-state index contributed by atoms with van der Waals surface area (Å²) in [6, 6.07) is 2.99. The summed E-state index contributed by atoms with van der Waals surface area (Å²) in [5.74, 6) is -0.314. The molecule has 0 unspecified atom stereocenters. The number of aryl methyl sites for hydroxylation is 1. The number of halogens is 2. The van der Waals surface area contributed by atoms with E-state index in [1.807, 2.05) is 0 Å². The summed E-state index contributed by atoms with van der Waals surface area (Å²) in [5, 5.41) is 0. The molecule has 2 aliphatic carbocycles. The van der Waals surface area contributed by atoms with Crippen LogP contribution in [0.5, 0.6) is 5.75 Å². The molecule has 36 heavy (non-hydrogen) atoms. The Hall–Kier alpha value is -1.45. The monoisotopic (exact) mass is 504 g/mol. The van der Waals surface area contributed by atoms with Crippen molar-refractivity contribution in [2.75, 3.05) is 0 Å². The lowest BCUT2D eigenvalue weighted by Gasteiger charge is -2.37. The maximum atomic E-state index is 14.5. The zero-order valence-corrected chi connectivity index (χ0v) is 23.0. The van der Waals surface area contributed by atoms with Gasteiger partial charge in [0.1, 0.15) is 0 Å². The summed E-state index contributed by atoms with van der Waals surface area (Å²) in [5.41, 5.74) is 0.364. The van der Waals surface area contributed by atoms with Crippen molar-refractivity contribution < 1.29 is 18.3 Å². The molecule has 0 aromatic heterocycles. The van der Waals surface area contributed by atoms with E-state index in [4.69, 9.17) is 4.74 Å². The molecule has 0 spiro atoms. The van der Waals surface area contributed by atoms with E-state index >= 15 is 0 Å². The minimum absolute atomic E-state index is 0.197. The summed E-state index contributed by atoms with van der Waals surface area (Å²) < 4.78 is 34.3. The van der Waals surface area contributed by atoms with Crippen molar-refractivity contribution in [1.29, 1.82) is 0 Å². The topological polar surface area (TPSA) is 26.3 Å². The van der Waals surface area contributed by atoms with Crippen LogP contribution in [0.25, 0.3) is 0 Å². The molecule has 1 aromatic rings. The van der Waals surface area contributed by atoms with Gasteiger partial charge in [0.25, 0.3) is 0 Å². The van der Waals surface area contributed by atoms with Crippen LogP contribution in [0.15, 0.2) is 12.1 Å². The number of esters is 1. The summed E-state index contributed by atoms with van der Waals surface area (Å²) in [6.45, 7) is 4.35. The van der Waals surface area contributed by atoms with Crippen molar-refractivity contribution in [3.05, 3.63) is 29.3 Å². The normalized spacial score (nSPS) is 24.6. The van der Waals surface area contributed by atoms with E-state index in [0.29, 0.717) is 17.9 Å². The van der Waals surface area contributed by atoms with E-state index in [9.17, 15) is 13.6 Å². The molecular weight excluding hydrogens is 454 g/mol. The zero-order valence-electron chi connectivity index (χ0n) is 23.0. The lowest BCUT2D eigenvalue weighted by Crippen LogP contribution is -2.30. The molecule has 4 heteroatoms. The van der Waals surface area contributed by atoms with Gasteiger partial charge < -0.3 is 4.74 Å². The number of hydrogen-bond donors (Lipinski definition) is 0. The van der Waals surface area contributed by atoms with E-state index in [2.05, 4.69) is 13.8 Å². The minimum atomic E-state index is -1.02. The molecule has 0 N–H and O–H groups in total. The summed E-state index contributed by atoms with van der Waals surface area (Å²) in [6.07, 6.45) is 22.2. The van der Waals surface area contributed by atoms with E-state index in [0.717, 1.165) is 56.8 Å². The van der Waals surface area contributed by atoms with Crippen molar-refractivity contribution in [3.63, 3.8) is 0 Å². The Morgan fingerprint density at radius 1 is 0.750 bits per heavy atom. The predicted octanol–water partition coefficient (Wildman–Crippen LogP) is 9.97. The van der Waals surface area contributed by atoms with Crippen molar-refractivity contribution in [2.45, 2.75) is 136 Å². The molecule has 2 nitrogen and oxygen atoms in total. The maximum absolute atomic E-state index is 14.5. The van der Waals surface area contributed by atoms with Crippen LogP contribution in [0.2, 0.25) is 0 Å². The van der Waals surface area contributed by atoms with Gasteiger partial charge in [0.15, 0.2) is 11.6 Å². The molecule has 0 atom stereocenters. The lowest BCUT2D eigenvalue weighted by molar-refractivity contribution is -0.140. The van der Waals surface area contributed by atoms with Crippen LogP contribution in [0.4, 0.5) is 8.78 Å². The molecule has 204 valence electrons. The molecule has 0 amide bonds. The summed E-state index contributed by atoms with van der Waals surface area (Å²) in [7, 11) is 0. The van der Waals surface area contributed by atoms with E-state index in [1.54, 1.807) is 6.07 Å². The fourth-order valence-electron chi connectivity index (χ4n) is 6.59. The lowest BCUT2D eigenvalue weighted by atomic mass is 9.68. The van der Waals surface area contributed by atoms with Crippen LogP contribution in [-0.2, 0) is 11.2 Å². The highest BCUT2D eigenvalue weighted by Gasteiger charge is 2.34. The molecule has 0 radical (unpaired) electrons. The first kappa shape index (κ1) is 29.1. The molecule has 0 aliphatic heterocycles. The Balaban J connectivity index is 1.36. The Bertz CT molecular complexity index is 777. The molecule has 2 fully saturated rings. The number of unbranched alkanes of at least 4 members (excludes halogenated alkanes) is 7. The fraction of sp³-hybridized carbons (Fsp3) is 0.781. The van der Waals surface area contributed by atoms with Gasteiger partial charge in [-0.1, -0.05) is 90.5 Å². The SMILES string of the molecule is CCCCCCCC[C@H]1CC[C@H]([C@H]2CC[C@H](C(=O)Oc3ccc(CCCCC)c(F)c3F)CC2)CC1. The number of hydrogen-bond acceptors (Lipinski definition) is 2. The number of ether oxygens (including phenoxy) is 1. The second kappa shape index (κ2) is 15.7. The van der Waals surface area contributed by atoms with Crippen LogP contribution in [-0.4, -0.2) is 5.97 Å². The van der Waals surface area contributed by atoms with Crippen LogP contribution < -0.4 is 4.74 Å². The maximum Gasteiger partial charge on any atom is 0.314 e. The predicted molar refractivity (Wildman–Crippen MR) is 144 cm³/mol. The highest BCUT2D eigenvalue weighted by Crippen LogP contribution is 2.42. The van der Waals surface area contributed by atoms with Gasteiger partial charge in [-0.3, -0.25) is 4.79 Å². The third kappa shape index (κ3) is 8.84. The second-order valence-electron chi connectivity index (χ2n) is 11.7. The number of carbonyl (C=O) groups is 1. The van der Waals surface area contributed by atoms with Crippen molar-refractivity contribution >= 4 is 5.97 Å². The standard InChI is InChI=1S/C32H50F2O2/c1-3-5-7-8-9-11-12-24-14-16-25(17-15-24)26-18-20-28(21-19-26)32(35)36-29-23-22-27(13-10-6-4-2)30(33)31(29)34/h22-26,28H,3-21H2,1-2H3/t24-,25-,26-,28-. The fourth-order valence-corrected chi connectivity index (χ4v) is 6.59. The van der Waals surface area contributed by atoms with Gasteiger partial charge in [-0.25, -0.2) is 4.39 Å². The van der Waals surface area contributed by atoms with E-state index in [1.165, 1.54) is 76.7 Å². The van der Waals surface area contributed by atoms with E-state index < -0.39 is 17.6 Å². The van der Waals surface area contributed by atoms with Crippen LogP contribution in [0, 0.1) is 35.3 Å². The molecule has 0 bridgehead atoms. The van der Waals surface area contributed by atoms with Crippen LogP contribution in [0.1, 0.15) is 135 Å². The van der Waals surface area contributed by atoms with Gasteiger partial charge in [0, 0.05) is 0 Å². The molecule has 2 aliphatic rings. The van der Waals surface area contributed by atoms with Gasteiger partial charge >= 0.3 is 5.97 Å². The van der Waals surface area contributed by atoms with Gasteiger partial charge in [0.2, 0.25) is 5.82 Å². The molecule has 3 rings (SSSR count). The van der Waals surface area contributed by atoms with Crippen LogP contribution >= 0.6 is 0 Å². The number of rotatable bonds is 14. The van der Waals surface area contributed by atoms with Crippen LogP contribution in [0.3, 0.4) is 0 Å². The molecule has 2 saturated carbocycles. The summed E-state index contributed by atoms with van der Waals surface area (Å²) >= 11 is 0. The minimum Gasteiger partial charge on any atom is -0.423 e. The number of carbonyl (C=O) groups excluding carboxylic acids is 1. The quantitative estimate of drug-likeness (QED) is 0.143. The smallest absolute Gasteiger partial charge is 0.314 e. The first-order valence-corrected chi connectivity index (χ1v) is 15.2. The van der Waals surface area contributed by atoms with Gasteiger partial charge in [0.05, 0.1) is 5.92 Å². The van der Waals surface area contributed by atoms with Gasteiger partial charge in [-0.05, 0) is 80.8 Å².